The van der Waals surface area contributed by atoms with Crippen molar-refractivity contribution >= 4 is 5.97 Å². The minimum absolute atomic E-state index is 0.0992. The maximum atomic E-state index is 11.7. The van der Waals surface area contributed by atoms with E-state index in [0.717, 1.165) is 43.3 Å². The normalized spacial score (nSPS) is 51.0. The third-order valence-electron chi connectivity index (χ3n) is 10.5. The summed E-state index contributed by atoms with van der Waals surface area (Å²) in [7, 11) is 0. The summed E-state index contributed by atoms with van der Waals surface area (Å²) in [5.41, 5.74) is 0.668. The number of carbonyl (C=O) groups is 1. The maximum absolute atomic E-state index is 11.7. The van der Waals surface area contributed by atoms with Gasteiger partial charge in [-0.1, -0.05) is 13.8 Å². The Morgan fingerprint density at radius 1 is 0.828 bits per heavy atom. The van der Waals surface area contributed by atoms with Crippen molar-refractivity contribution in [2.24, 2.45) is 40.4 Å². The van der Waals surface area contributed by atoms with Crippen LogP contribution >= 0.6 is 0 Å². The molecule has 0 spiro atoms. The highest BCUT2D eigenvalue weighted by molar-refractivity contribution is 5.66. The summed E-state index contributed by atoms with van der Waals surface area (Å²) >= 11 is 0. The number of hydrogen-bond acceptors (Lipinski definition) is 4. The van der Waals surface area contributed by atoms with Crippen LogP contribution in [0.25, 0.3) is 0 Å². The van der Waals surface area contributed by atoms with E-state index in [4.69, 9.17) is 14.2 Å². The molecule has 0 radical (unpaired) electrons. The van der Waals surface area contributed by atoms with Crippen molar-refractivity contribution in [1.29, 1.82) is 0 Å². The Bertz CT molecular complexity index is 655. The van der Waals surface area contributed by atoms with Crippen molar-refractivity contribution in [1.82, 2.24) is 0 Å². The van der Waals surface area contributed by atoms with E-state index in [2.05, 4.69) is 20.8 Å². The molecule has 29 heavy (non-hydrogen) atoms. The molecule has 8 atom stereocenters. The molecule has 5 rings (SSSR count). The number of rotatable bonds is 2. The van der Waals surface area contributed by atoms with Crippen LogP contribution in [-0.4, -0.2) is 31.1 Å². The first-order valence-electron chi connectivity index (χ1n) is 12.2. The van der Waals surface area contributed by atoms with E-state index in [1.54, 1.807) is 6.92 Å². The van der Waals surface area contributed by atoms with Gasteiger partial charge >= 0.3 is 5.97 Å². The molecular formula is C25H40O4. The summed E-state index contributed by atoms with van der Waals surface area (Å²) in [6, 6.07) is 0. The fourth-order valence-corrected chi connectivity index (χ4v) is 8.85. The van der Waals surface area contributed by atoms with Crippen molar-refractivity contribution in [3.05, 3.63) is 0 Å². The second-order valence-corrected chi connectivity index (χ2v) is 11.6. The molecule has 0 aromatic heterocycles. The molecule has 5 fully saturated rings. The van der Waals surface area contributed by atoms with Gasteiger partial charge in [0, 0.05) is 18.3 Å². The molecule has 4 nitrogen and oxygen atoms in total. The molecule has 4 heteroatoms. The Morgan fingerprint density at radius 3 is 2.24 bits per heavy atom. The Hall–Kier alpha value is -0.610. The highest BCUT2D eigenvalue weighted by Gasteiger charge is 2.61. The number of hydrogen-bond donors (Lipinski definition) is 0. The number of fused-ring (bicyclic) bond motifs is 5. The van der Waals surface area contributed by atoms with Crippen LogP contribution in [-0.2, 0) is 19.0 Å². The van der Waals surface area contributed by atoms with E-state index in [9.17, 15) is 4.79 Å². The van der Waals surface area contributed by atoms with E-state index >= 15 is 0 Å². The lowest BCUT2D eigenvalue weighted by atomic mass is 9.44. The van der Waals surface area contributed by atoms with Gasteiger partial charge in [-0.15, -0.1) is 0 Å². The largest absolute Gasteiger partial charge is 0.462 e. The predicted molar refractivity (Wildman–Crippen MR) is 111 cm³/mol. The van der Waals surface area contributed by atoms with Crippen molar-refractivity contribution in [2.75, 3.05) is 13.2 Å². The first kappa shape index (κ1) is 20.3. The molecule has 1 heterocycles. The minimum atomic E-state index is -0.341. The van der Waals surface area contributed by atoms with Gasteiger partial charge in [0.05, 0.1) is 13.2 Å². The minimum Gasteiger partial charge on any atom is -0.462 e. The van der Waals surface area contributed by atoms with Gasteiger partial charge in [-0.25, -0.2) is 0 Å². The van der Waals surface area contributed by atoms with Crippen molar-refractivity contribution in [2.45, 2.75) is 97.4 Å². The fraction of sp³-hybridized carbons (Fsp3) is 0.960. The highest BCUT2D eigenvalue weighted by Crippen LogP contribution is 2.67. The molecule has 5 aliphatic rings. The fourth-order valence-electron chi connectivity index (χ4n) is 8.85. The van der Waals surface area contributed by atoms with E-state index < -0.39 is 0 Å². The molecule has 0 unspecified atom stereocenters. The van der Waals surface area contributed by atoms with Gasteiger partial charge in [0.25, 0.3) is 0 Å². The zero-order chi connectivity index (χ0) is 20.4. The first-order chi connectivity index (χ1) is 13.8. The molecule has 0 aromatic carbocycles. The molecule has 164 valence electrons. The van der Waals surface area contributed by atoms with E-state index in [1.165, 1.54) is 51.4 Å². The van der Waals surface area contributed by atoms with Gasteiger partial charge in [0.1, 0.15) is 6.10 Å². The molecule has 0 aromatic rings. The van der Waals surface area contributed by atoms with Gasteiger partial charge in [-0.3, -0.25) is 4.79 Å². The summed E-state index contributed by atoms with van der Waals surface area (Å²) in [5, 5.41) is 0. The lowest BCUT2D eigenvalue weighted by Crippen LogP contribution is -2.55. The molecular weight excluding hydrogens is 364 g/mol. The van der Waals surface area contributed by atoms with E-state index in [-0.39, 0.29) is 23.3 Å². The molecule has 1 saturated heterocycles. The number of esters is 1. The Labute approximate surface area is 176 Å². The van der Waals surface area contributed by atoms with Crippen molar-refractivity contribution < 1.29 is 19.0 Å². The van der Waals surface area contributed by atoms with Gasteiger partial charge < -0.3 is 14.2 Å². The van der Waals surface area contributed by atoms with Gasteiger partial charge in [-0.05, 0) is 93.8 Å². The molecule has 0 N–H and O–H groups in total. The monoisotopic (exact) mass is 404 g/mol. The zero-order valence-corrected chi connectivity index (χ0v) is 18.9. The van der Waals surface area contributed by atoms with Crippen LogP contribution in [0, 0.1) is 40.4 Å². The second-order valence-electron chi connectivity index (χ2n) is 11.6. The molecule has 4 saturated carbocycles. The molecule has 1 aliphatic heterocycles. The predicted octanol–water partition coefficient (Wildman–Crippen LogP) is 5.34. The van der Waals surface area contributed by atoms with Crippen LogP contribution in [0.5, 0.6) is 0 Å². The quantitative estimate of drug-likeness (QED) is 0.583. The van der Waals surface area contributed by atoms with Gasteiger partial charge in [-0.2, -0.15) is 0 Å². The number of carbonyl (C=O) groups excluding carboxylic acids is 1. The zero-order valence-electron chi connectivity index (χ0n) is 18.9. The topological polar surface area (TPSA) is 44.8 Å². The SMILES string of the molecule is CC(=O)O[C@@H]1CC[C@@H]2[C@H]3CC[C@H]4C[C@@H](C5(C)OCCO5)CC[C@]4(C)[C@@H]3CC[C@]21C. The average Bonchev–Trinajstić information content (AvgIpc) is 3.25. The summed E-state index contributed by atoms with van der Waals surface area (Å²) in [6.07, 6.45) is 11.6. The third-order valence-corrected chi connectivity index (χ3v) is 10.5. The smallest absolute Gasteiger partial charge is 0.302 e. The van der Waals surface area contributed by atoms with Crippen LogP contribution in [0.4, 0.5) is 0 Å². The third kappa shape index (κ3) is 3.03. The standard InChI is InChI=1S/C25H40O4/c1-16(26)29-22-8-7-20-19-6-5-17-15-18(25(4)27-13-14-28-25)9-11-23(17,2)21(19)10-12-24(20,22)3/h17-22H,5-15H2,1-4H3/t17-,18-,19+,20+,21+,22+,23-,24+/m0/s1. The second kappa shape index (κ2) is 6.95. The van der Waals surface area contributed by atoms with E-state index in [0.29, 0.717) is 11.3 Å². The maximum Gasteiger partial charge on any atom is 0.302 e. The van der Waals surface area contributed by atoms with Gasteiger partial charge in [0.2, 0.25) is 0 Å². The summed E-state index contributed by atoms with van der Waals surface area (Å²) < 4.78 is 17.9. The average molecular weight is 405 g/mol. The molecule has 0 bridgehead atoms. The summed E-state index contributed by atoms with van der Waals surface area (Å²) in [5.74, 6) is 3.32. The lowest BCUT2D eigenvalue weighted by Gasteiger charge is -2.61. The van der Waals surface area contributed by atoms with Gasteiger partial charge in [0.15, 0.2) is 5.79 Å². The lowest BCUT2D eigenvalue weighted by molar-refractivity contribution is -0.211. The van der Waals surface area contributed by atoms with Crippen molar-refractivity contribution in [3.63, 3.8) is 0 Å². The Balaban J connectivity index is 1.33. The van der Waals surface area contributed by atoms with Crippen LogP contribution in [0.2, 0.25) is 0 Å². The van der Waals surface area contributed by atoms with Crippen molar-refractivity contribution in [3.8, 4) is 0 Å². The summed E-state index contributed by atoms with van der Waals surface area (Å²) in [6.45, 7) is 10.3. The Kier molecular flexibility index (Phi) is 4.87. The first-order valence-corrected chi connectivity index (χ1v) is 12.2. The van der Waals surface area contributed by atoms with Crippen LogP contribution in [0.15, 0.2) is 0 Å². The van der Waals surface area contributed by atoms with E-state index in [1.807, 2.05) is 0 Å². The highest BCUT2D eigenvalue weighted by atomic mass is 16.7. The van der Waals surface area contributed by atoms with Crippen LogP contribution in [0.3, 0.4) is 0 Å². The Morgan fingerprint density at radius 2 is 1.52 bits per heavy atom. The van der Waals surface area contributed by atoms with Crippen LogP contribution < -0.4 is 0 Å². The van der Waals surface area contributed by atoms with Crippen LogP contribution in [0.1, 0.15) is 85.5 Å². The molecule has 0 amide bonds. The molecule has 4 aliphatic carbocycles. The number of ether oxygens (including phenoxy) is 3. The summed E-state index contributed by atoms with van der Waals surface area (Å²) in [4.78, 5) is 11.7.